The van der Waals surface area contributed by atoms with Gasteiger partial charge in [-0.3, -0.25) is 25.7 Å². The van der Waals surface area contributed by atoms with E-state index in [9.17, 15) is 20.2 Å². The van der Waals surface area contributed by atoms with Crippen LogP contribution in [-0.4, -0.2) is 20.6 Å². The first-order chi connectivity index (χ1) is 18.5. The van der Waals surface area contributed by atoms with Crippen LogP contribution in [0.5, 0.6) is 0 Å². The van der Waals surface area contributed by atoms with Gasteiger partial charge in [-0.1, -0.05) is 78.9 Å². The summed E-state index contributed by atoms with van der Waals surface area (Å²) in [6, 6.07) is 35.2. The Hall–Kier alpha value is -5.57. The first-order valence-corrected chi connectivity index (χ1v) is 11.7. The number of hydrogen-bond acceptors (Lipinski definition) is 6. The molecule has 0 bridgehead atoms. The van der Waals surface area contributed by atoms with E-state index in [1.807, 2.05) is 97.1 Å². The Morgan fingerprint density at radius 2 is 1.32 bits per heavy atom. The van der Waals surface area contributed by atoms with E-state index in [0.29, 0.717) is 0 Å². The van der Waals surface area contributed by atoms with Crippen LogP contribution in [0.2, 0.25) is 0 Å². The summed E-state index contributed by atoms with van der Waals surface area (Å²) in [5, 5.41) is 26.9. The number of anilines is 1. The Morgan fingerprint density at radius 1 is 0.711 bits per heavy atom. The molecular formula is C29H21N5O4. The molecule has 4 aromatic carbocycles. The average molecular weight is 504 g/mol. The molecule has 9 nitrogen and oxygen atoms in total. The molecule has 5 rings (SSSR count). The lowest BCUT2D eigenvalue weighted by Crippen LogP contribution is -2.01. The summed E-state index contributed by atoms with van der Waals surface area (Å²) < 4.78 is 2.15. The van der Waals surface area contributed by atoms with Gasteiger partial charge in [-0.2, -0.15) is 5.10 Å². The number of aromatic nitrogens is 1. The molecule has 1 N–H and O–H groups in total. The van der Waals surface area contributed by atoms with E-state index in [0.717, 1.165) is 39.8 Å². The first-order valence-electron chi connectivity index (χ1n) is 11.7. The Kier molecular flexibility index (Phi) is 6.73. The highest BCUT2D eigenvalue weighted by Gasteiger charge is 2.20. The van der Waals surface area contributed by atoms with Gasteiger partial charge in [-0.25, -0.2) is 0 Å². The fraction of sp³-hybridized carbons (Fsp3) is 0. The third kappa shape index (κ3) is 4.89. The quantitative estimate of drug-likeness (QED) is 0.138. The maximum Gasteiger partial charge on any atom is 0.301 e. The van der Waals surface area contributed by atoms with Gasteiger partial charge in [0.1, 0.15) is 5.69 Å². The fourth-order valence-corrected chi connectivity index (χ4v) is 4.24. The molecule has 0 unspecified atom stereocenters. The van der Waals surface area contributed by atoms with Crippen molar-refractivity contribution >= 4 is 23.3 Å². The Balaban J connectivity index is 1.64. The van der Waals surface area contributed by atoms with Crippen molar-refractivity contribution in [2.24, 2.45) is 5.10 Å². The standard InChI is InChI=1S/C29H21N5O4/c35-33(36)25-16-17-26(28(19-25)34(37)38)31-30-20-23-18-27(21-10-4-1-5-11-21)32(24-14-8-3-9-15-24)29(23)22-12-6-2-7-13-22/h1-20,31H/b30-20+. The zero-order valence-electron chi connectivity index (χ0n) is 20.0. The molecule has 5 aromatic rings. The lowest BCUT2D eigenvalue weighted by atomic mass is 10.1. The minimum atomic E-state index is -0.681. The molecule has 1 aromatic heterocycles. The van der Waals surface area contributed by atoms with E-state index in [1.54, 1.807) is 6.21 Å². The summed E-state index contributed by atoms with van der Waals surface area (Å²) in [4.78, 5) is 21.2. The summed E-state index contributed by atoms with van der Waals surface area (Å²) >= 11 is 0. The smallest absolute Gasteiger partial charge is 0.301 e. The van der Waals surface area contributed by atoms with E-state index >= 15 is 0 Å². The van der Waals surface area contributed by atoms with Crippen LogP contribution in [0.4, 0.5) is 17.1 Å². The predicted octanol–water partition coefficient (Wildman–Crippen LogP) is 7.07. The maximum absolute atomic E-state index is 11.5. The highest BCUT2D eigenvalue weighted by molar-refractivity contribution is 5.94. The monoisotopic (exact) mass is 503 g/mol. The number of nitro benzene ring substituents is 2. The van der Waals surface area contributed by atoms with Gasteiger partial charge in [0.2, 0.25) is 0 Å². The van der Waals surface area contributed by atoms with Gasteiger partial charge in [0.15, 0.2) is 0 Å². The minimum absolute atomic E-state index is 0.0453. The van der Waals surface area contributed by atoms with Gasteiger partial charge < -0.3 is 4.57 Å². The van der Waals surface area contributed by atoms with Crippen LogP contribution in [0.15, 0.2) is 120 Å². The molecule has 0 fully saturated rings. The number of nitrogens with zero attached hydrogens (tertiary/aromatic N) is 4. The second kappa shape index (κ2) is 10.6. The summed E-state index contributed by atoms with van der Waals surface area (Å²) in [6.45, 7) is 0. The van der Waals surface area contributed by atoms with E-state index in [2.05, 4.69) is 15.1 Å². The number of nitro groups is 2. The van der Waals surface area contributed by atoms with Crippen LogP contribution in [-0.2, 0) is 0 Å². The zero-order chi connectivity index (χ0) is 26.5. The lowest BCUT2D eigenvalue weighted by Gasteiger charge is -2.15. The molecule has 0 radical (unpaired) electrons. The van der Waals surface area contributed by atoms with Gasteiger partial charge >= 0.3 is 5.69 Å². The maximum atomic E-state index is 11.5. The number of para-hydroxylation sites is 1. The topological polar surface area (TPSA) is 116 Å². The highest BCUT2D eigenvalue weighted by Crippen LogP contribution is 2.35. The molecule has 1 heterocycles. The summed E-state index contributed by atoms with van der Waals surface area (Å²) in [7, 11) is 0. The number of hydrogen-bond donors (Lipinski definition) is 1. The van der Waals surface area contributed by atoms with Crippen molar-refractivity contribution in [3.8, 4) is 28.2 Å². The van der Waals surface area contributed by atoms with Crippen molar-refractivity contribution < 1.29 is 9.85 Å². The second-order valence-corrected chi connectivity index (χ2v) is 8.32. The van der Waals surface area contributed by atoms with Crippen LogP contribution in [0.3, 0.4) is 0 Å². The molecule has 0 aliphatic carbocycles. The number of nitrogens with one attached hydrogen (secondary N) is 1. The van der Waals surface area contributed by atoms with Crippen molar-refractivity contribution in [3.63, 3.8) is 0 Å². The van der Waals surface area contributed by atoms with E-state index in [1.165, 1.54) is 12.1 Å². The van der Waals surface area contributed by atoms with Crippen molar-refractivity contribution in [1.29, 1.82) is 0 Å². The fourth-order valence-electron chi connectivity index (χ4n) is 4.24. The van der Waals surface area contributed by atoms with Gasteiger partial charge in [0.25, 0.3) is 5.69 Å². The first kappa shape index (κ1) is 24.1. The van der Waals surface area contributed by atoms with Gasteiger partial charge in [-0.15, -0.1) is 0 Å². The van der Waals surface area contributed by atoms with Crippen LogP contribution in [0, 0.1) is 20.2 Å². The molecule has 0 spiro atoms. The number of non-ortho nitro benzene ring substituents is 1. The zero-order valence-corrected chi connectivity index (χ0v) is 20.0. The van der Waals surface area contributed by atoms with Gasteiger partial charge in [-0.05, 0) is 35.4 Å². The summed E-state index contributed by atoms with van der Waals surface area (Å²) in [5.41, 5.74) is 7.46. The largest absolute Gasteiger partial charge is 0.309 e. The predicted molar refractivity (Wildman–Crippen MR) is 148 cm³/mol. The van der Waals surface area contributed by atoms with Crippen molar-refractivity contribution in [2.75, 3.05) is 5.43 Å². The molecule has 38 heavy (non-hydrogen) atoms. The van der Waals surface area contributed by atoms with E-state index < -0.39 is 15.5 Å². The molecule has 186 valence electrons. The Labute approximate surface area is 217 Å². The van der Waals surface area contributed by atoms with Gasteiger partial charge in [0, 0.05) is 17.3 Å². The summed E-state index contributed by atoms with van der Waals surface area (Å²) in [6.07, 6.45) is 1.60. The number of rotatable bonds is 8. The molecular weight excluding hydrogens is 482 g/mol. The van der Waals surface area contributed by atoms with Crippen LogP contribution in [0.25, 0.3) is 28.2 Å². The van der Waals surface area contributed by atoms with Gasteiger partial charge in [0.05, 0.1) is 33.5 Å². The lowest BCUT2D eigenvalue weighted by molar-refractivity contribution is -0.393. The molecule has 0 atom stereocenters. The average Bonchev–Trinajstić information content (AvgIpc) is 3.34. The third-order valence-corrected chi connectivity index (χ3v) is 5.94. The third-order valence-electron chi connectivity index (χ3n) is 5.94. The summed E-state index contributed by atoms with van der Waals surface area (Å²) in [5.74, 6) is 0. The molecule has 0 amide bonds. The SMILES string of the molecule is O=[N+]([O-])c1ccc(N/N=C/c2cc(-c3ccccc3)n(-c3ccccc3)c2-c2ccccc2)c([N+](=O)[O-])c1. The Morgan fingerprint density at radius 3 is 1.92 bits per heavy atom. The number of hydrazone groups is 1. The van der Waals surface area contributed by atoms with E-state index in [-0.39, 0.29) is 11.4 Å². The normalized spacial score (nSPS) is 10.9. The Bertz CT molecular complexity index is 1630. The second-order valence-electron chi connectivity index (χ2n) is 8.32. The molecule has 9 heteroatoms. The number of benzene rings is 4. The minimum Gasteiger partial charge on any atom is -0.309 e. The van der Waals surface area contributed by atoms with E-state index in [4.69, 9.17) is 0 Å². The van der Waals surface area contributed by atoms with Crippen molar-refractivity contribution in [1.82, 2.24) is 4.57 Å². The van der Waals surface area contributed by atoms with Crippen LogP contribution < -0.4 is 5.43 Å². The van der Waals surface area contributed by atoms with Crippen molar-refractivity contribution in [2.45, 2.75) is 0 Å². The molecule has 0 aliphatic heterocycles. The van der Waals surface area contributed by atoms with Crippen LogP contribution in [0.1, 0.15) is 5.56 Å². The molecule has 0 aliphatic rings. The molecule has 0 saturated heterocycles. The van der Waals surface area contributed by atoms with Crippen molar-refractivity contribution in [3.05, 3.63) is 141 Å². The molecule has 0 saturated carbocycles. The van der Waals surface area contributed by atoms with Crippen LogP contribution >= 0.6 is 0 Å². The highest BCUT2D eigenvalue weighted by atomic mass is 16.6.